The van der Waals surface area contributed by atoms with Crippen LogP contribution in [0.15, 0.2) is 36.2 Å². The summed E-state index contributed by atoms with van der Waals surface area (Å²) >= 11 is 0. The Bertz CT molecular complexity index is 530. The molecule has 0 spiro atoms. The number of carbonyl (C=O) groups is 1. The molecule has 5 nitrogen and oxygen atoms in total. The van der Waals surface area contributed by atoms with Crippen LogP contribution in [0.4, 0.5) is 13.2 Å². The predicted molar refractivity (Wildman–Crippen MR) is 60.9 cm³/mol. The van der Waals surface area contributed by atoms with Crippen molar-refractivity contribution in [3.8, 4) is 0 Å². The number of alkyl halides is 3. The topological polar surface area (TPSA) is 60.5 Å². The van der Waals surface area contributed by atoms with Gasteiger partial charge < -0.3 is 9.57 Å². The summed E-state index contributed by atoms with van der Waals surface area (Å²) in [5.41, 5.74) is -1.59. The van der Waals surface area contributed by atoms with E-state index in [0.717, 1.165) is 0 Å². The molecule has 1 aromatic rings. The number of hydroxylamine groups is 1. The molecule has 8 heteroatoms. The maximum absolute atomic E-state index is 13.1. The van der Waals surface area contributed by atoms with Crippen molar-refractivity contribution in [1.82, 2.24) is 10.5 Å². The molecule has 108 valence electrons. The van der Waals surface area contributed by atoms with E-state index in [9.17, 15) is 18.0 Å². The molecule has 0 aliphatic carbocycles. The summed E-state index contributed by atoms with van der Waals surface area (Å²) in [5, 5.41) is 0. The van der Waals surface area contributed by atoms with E-state index in [-0.39, 0.29) is 12.3 Å². The van der Waals surface area contributed by atoms with Gasteiger partial charge in [-0.15, -0.1) is 5.48 Å². The Kier molecular flexibility index (Phi) is 3.67. The molecular formula is C12H11F3N2O3. The van der Waals surface area contributed by atoms with Gasteiger partial charge in [-0.25, -0.2) is 4.79 Å². The molecule has 1 aromatic heterocycles. The van der Waals surface area contributed by atoms with Crippen molar-refractivity contribution in [2.75, 3.05) is 6.61 Å². The van der Waals surface area contributed by atoms with E-state index >= 15 is 0 Å². The molecule has 2 rings (SSSR count). The van der Waals surface area contributed by atoms with Crippen molar-refractivity contribution in [3.63, 3.8) is 0 Å². The maximum atomic E-state index is 13.1. The van der Waals surface area contributed by atoms with Gasteiger partial charge in [0.2, 0.25) is 5.54 Å². The van der Waals surface area contributed by atoms with E-state index in [1.807, 2.05) is 0 Å². The fraction of sp³-hybridized carbons (Fsp3) is 0.333. The van der Waals surface area contributed by atoms with Gasteiger partial charge in [0.05, 0.1) is 12.3 Å². The molecule has 0 saturated carbocycles. The largest absolute Gasteiger partial charge is 0.464 e. The lowest BCUT2D eigenvalue weighted by molar-refractivity contribution is -0.159. The molecule has 1 N–H and O–H groups in total. The zero-order chi connectivity index (χ0) is 14.8. The van der Waals surface area contributed by atoms with Gasteiger partial charge in [-0.3, -0.25) is 4.98 Å². The monoisotopic (exact) mass is 288 g/mol. The number of ether oxygens (including phenoxy) is 1. The van der Waals surface area contributed by atoms with Crippen LogP contribution in [0.25, 0.3) is 0 Å². The summed E-state index contributed by atoms with van der Waals surface area (Å²) in [4.78, 5) is 20.4. The molecule has 1 atom stereocenters. The first kappa shape index (κ1) is 14.3. The number of halogens is 3. The molecule has 20 heavy (non-hydrogen) atoms. The third kappa shape index (κ3) is 2.22. The maximum Gasteiger partial charge on any atom is 0.418 e. The second-order valence-electron chi connectivity index (χ2n) is 3.93. The highest BCUT2D eigenvalue weighted by molar-refractivity contribution is 5.86. The molecule has 2 heterocycles. The SMILES string of the molecule is CCOC(=O)C1(c2ccccn2)NOC=C1C(F)(F)F. The van der Waals surface area contributed by atoms with E-state index in [4.69, 9.17) is 4.74 Å². The van der Waals surface area contributed by atoms with Crippen molar-refractivity contribution >= 4 is 5.97 Å². The van der Waals surface area contributed by atoms with Gasteiger partial charge in [0.1, 0.15) is 11.8 Å². The number of esters is 1. The van der Waals surface area contributed by atoms with Crippen LogP contribution in [0.3, 0.4) is 0 Å². The minimum absolute atomic E-state index is 0.0692. The number of nitrogens with one attached hydrogen (secondary N) is 1. The lowest BCUT2D eigenvalue weighted by Crippen LogP contribution is -2.51. The Morgan fingerprint density at radius 3 is 2.80 bits per heavy atom. The van der Waals surface area contributed by atoms with Crippen LogP contribution in [0.1, 0.15) is 12.6 Å². The number of aromatic nitrogens is 1. The van der Waals surface area contributed by atoms with Gasteiger partial charge in [0.15, 0.2) is 0 Å². The number of rotatable bonds is 3. The molecule has 0 fully saturated rings. The number of carbonyl (C=O) groups excluding carboxylic acids is 1. The first-order valence-corrected chi connectivity index (χ1v) is 5.72. The fourth-order valence-corrected chi connectivity index (χ4v) is 1.87. The Balaban J connectivity index is 2.57. The zero-order valence-electron chi connectivity index (χ0n) is 10.4. The van der Waals surface area contributed by atoms with Crippen molar-refractivity contribution in [3.05, 3.63) is 41.9 Å². The smallest absolute Gasteiger partial charge is 0.418 e. The molecular weight excluding hydrogens is 277 g/mol. The van der Waals surface area contributed by atoms with Crippen molar-refractivity contribution in [1.29, 1.82) is 0 Å². The highest BCUT2D eigenvalue weighted by atomic mass is 19.4. The van der Waals surface area contributed by atoms with Gasteiger partial charge in [-0.2, -0.15) is 13.2 Å². The average Bonchev–Trinajstić information content (AvgIpc) is 2.86. The standard InChI is InChI=1S/C12H11F3N2O3/c1-2-19-10(18)11(9-5-3-4-6-16-9)8(7-20-17-11)12(13,14)15/h3-7,17H,2H2,1H3. The number of nitrogens with zero attached hydrogens (tertiary/aromatic N) is 1. The fourth-order valence-electron chi connectivity index (χ4n) is 1.87. The molecule has 0 radical (unpaired) electrons. The van der Waals surface area contributed by atoms with Gasteiger partial charge in [0.25, 0.3) is 0 Å². The Hall–Kier alpha value is -2.09. The van der Waals surface area contributed by atoms with Crippen molar-refractivity contribution in [2.45, 2.75) is 18.6 Å². The average molecular weight is 288 g/mol. The predicted octanol–water partition coefficient (Wildman–Crippen LogP) is 1.82. The summed E-state index contributed by atoms with van der Waals surface area (Å²) < 4.78 is 44.1. The van der Waals surface area contributed by atoms with Gasteiger partial charge in [-0.05, 0) is 19.1 Å². The summed E-state index contributed by atoms with van der Waals surface area (Å²) in [6.45, 7) is 1.43. The summed E-state index contributed by atoms with van der Waals surface area (Å²) in [6.07, 6.45) is -3.04. The number of hydrogen-bond donors (Lipinski definition) is 1. The molecule has 0 bridgehead atoms. The third-order valence-electron chi connectivity index (χ3n) is 2.73. The third-order valence-corrected chi connectivity index (χ3v) is 2.73. The molecule has 0 saturated heterocycles. The number of hydrogen-bond acceptors (Lipinski definition) is 5. The van der Waals surface area contributed by atoms with Crippen LogP contribution in [0, 0.1) is 0 Å². The van der Waals surface area contributed by atoms with Crippen LogP contribution in [-0.2, 0) is 19.9 Å². The lowest BCUT2D eigenvalue weighted by Gasteiger charge is -2.28. The van der Waals surface area contributed by atoms with E-state index < -0.39 is 23.3 Å². The van der Waals surface area contributed by atoms with Crippen LogP contribution in [0.2, 0.25) is 0 Å². The van der Waals surface area contributed by atoms with Crippen molar-refractivity contribution in [2.24, 2.45) is 0 Å². The van der Waals surface area contributed by atoms with Gasteiger partial charge in [-0.1, -0.05) is 6.07 Å². The van der Waals surface area contributed by atoms with E-state index in [1.54, 1.807) is 0 Å². The minimum atomic E-state index is -4.77. The molecule has 1 aliphatic rings. The Morgan fingerprint density at radius 2 is 2.25 bits per heavy atom. The van der Waals surface area contributed by atoms with Gasteiger partial charge >= 0.3 is 12.1 Å². The quantitative estimate of drug-likeness (QED) is 0.860. The highest BCUT2D eigenvalue weighted by Gasteiger charge is 2.60. The van der Waals surface area contributed by atoms with Crippen LogP contribution in [0.5, 0.6) is 0 Å². The normalized spacial score (nSPS) is 22.1. The summed E-state index contributed by atoms with van der Waals surface area (Å²) in [7, 11) is 0. The summed E-state index contributed by atoms with van der Waals surface area (Å²) in [6, 6.07) is 4.28. The molecule has 1 unspecified atom stereocenters. The van der Waals surface area contributed by atoms with E-state index in [1.165, 1.54) is 31.3 Å². The van der Waals surface area contributed by atoms with Gasteiger partial charge in [0, 0.05) is 6.20 Å². The lowest BCUT2D eigenvalue weighted by atomic mass is 9.87. The Labute approximate surface area is 112 Å². The molecule has 0 amide bonds. The molecule has 1 aliphatic heterocycles. The molecule has 0 aromatic carbocycles. The summed E-state index contributed by atoms with van der Waals surface area (Å²) in [5.74, 6) is -1.13. The van der Waals surface area contributed by atoms with E-state index in [2.05, 4.69) is 15.3 Å². The minimum Gasteiger partial charge on any atom is -0.464 e. The van der Waals surface area contributed by atoms with Crippen LogP contribution >= 0.6 is 0 Å². The van der Waals surface area contributed by atoms with Crippen LogP contribution < -0.4 is 5.48 Å². The van der Waals surface area contributed by atoms with Crippen molar-refractivity contribution < 1.29 is 27.5 Å². The highest BCUT2D eigenvalue weighted by Crippen LogP contribution is 2.43. The Morgan fingerprint density at radius 1 is 1.50 bits per heavy atom. The first-order chi connectivity index (χ1) is 9.43. The second kappa shape index (κ2) is 5.12. The van der Waals surface area contributed by atoms with E-state index in [0.29, 0.717) is 6.26 Å². The second-order valence-corrected chi connectivity index (χ2v) is 3.93. The zero-order valence-corrected chi connectivity index (χ0v) is 10.4. The van der Waals surface area contributed by atoms with Crippen LogP contribution in [-0.4, -0.2) is 23.7 Å². The first-order valence-electron chi connectivity index (χ1n) is 5.72. The number of pyridine rings is 1.